The number of amides is 1. The Hall–Kier alpha value is -3.07. The van der Waals surface area contributed by atoms with Crippen molar-refractivity contribution in [3.05, 3.63) is 54.1 Å². The van der Waals surface area contributed by atoms with Crippen molar-refractivity contribution in [2.75, 3.05) is 13.1 Å². The van der Waals surface area contributed by atoms with Gasteiger partial charge in [0, 0.05) is 37.3 Å². The van der Waals surface area contributed by atoms with E-state index in [9.17, 15) is 4.79 Å². The minimum absolute atomic E-state index is 0.156. The van der Waals surface area contributed by atoms with Gasteiger partial charge in [-0.25, -0.2) is 0 Å². The van der Waals surface area contributed by atoms with E-state index in [0.29, 0.717) is 5.56 Å². The predicted molar refractivity (Wildman–Crippen MR) is 93.8 cm³/mol. The van der Waals surface area contributed by atoms with Crippen molar-refractivity contribution in [3.8, 4) is 5.69 Å². The zero-order valence-corrected chi connectivity index (χ0v) is 14.5. The summed E-state index contributed by atoms with van der Waals surface area (Å²) in [5, 5.41) is 22.5. The number of carbonyl (C=O) groups is 1. The maximum Gasteiger partial charge on any atom is 0.251 e. The average molecular weight is 352 g/mol. The zero-order chi connectivity index (χ0) is 17.9. The molecular formula is C17H20N8O. The molecule has 26 heavy (non-hydrogen) atoms. The lowest BCUT2D eigenvalue weighted by molar-refractivity contribution is 0.0937. The van der Waals surface area contributed by atoms with Gasteiger partial charge in [-0.1, -0.05) is 6.07 Å². The molecule has 3 aromatic rings. The molecule has 0 spiro atoms. The molecule has 0 fully saturated rings. The van der Waals surface area contributed by atoms with Crippen molar-refractivity contribution >= 4 is 5.91 Å². The van der Waals surface area contributed by atoms with E-state index >= 15 is 0 Å². The van der Waals surface area contributed by atoms with Crippen LogP contribution in [0.1, 0.15) is 35.0 Å². The number of nitrogens with zero attached hydrogens (tertiary/aromatic N) is 6. The highest BCUT2D eigenvalue weighted by molar-refractivity contribution is 5.94. The molecule has 134 valence electrons. The summed E-state index contributed by atoms with van der Waals surface area (Å²) in [5.74, 6) is 1.59. The largest absolute Gasteiger partial charge is 0.342 e. The van der Waals surface area contributed by atoms with Crippen molar-refractivity contribution in [2.45, 2.75) is 25.9 Å². The summed E-state index contributed by atoms with van der Waals surface area (Å²) in [5.41, 5.74) is 1.40. The molecule has 0 saturated carbocycles. The van der Waals surface area contributed by atoms with Crippen LogP contribution in [0.5, 0.6) is 0 Å². The molecule has 2 aromatic heterocycles. The van der Waals surface area contributed by atoms with Crippen molar-refractivity contribution < 1.29 is 4.79 Å². The van der Waals surface area contributed by atoms with E-state index in [-0.39, 0.29) is 11.9 Å². The highest BCUT2D eigenvalue weighted by atomic mass is 16.1. The molecule has 9 nitrogen and oxygen atoms in total. The van der Waals surface area contributed by atoms with E-state index in [1.807, 2.05) is 19.1 Å². The molecule has 1 atom stereocenters. The zero-order valence-electron chi connectivity index (χ0n) is 14.5. The van der Waals surface area contributed by atoms with Crippen LogP contribution < -0.4 is 10.6 Å². The van der Waals surface area contributed by atoms with Crippen LogP contribution in [0.25, 0.3) is 5.69 Å². The Balaban J connectivity index is 1.52. The number of benzene rings is 1. The van der Waals surface area contributed by atoms with E-state index in [4.69, 9.17) is 0 Å². The number of fused-ring (bicyclic) bond motifs is 1. The third kappa shape index (κ3) is 3.21. The van der Waals surface area contributed by atoms with Gasteiger partial charge in [0.15, 0.2) is 5.82 Å². The molecule has 1 aliphatic heterocycles. The Kier molecular flexibility index (Phi) is 4.44. The Morgan fingerprint density at radius 1 is 1.23 bits per heavy atom. The van der Waals surface area contributed by atoms with Crippen LogP contribution in [0, 0.1) is 0 Å². The van der Waals surface area contributed by atoms with E-state index in [1.165, 1.54) is 0 Å². The monoisotopic (exact) mass is 352 g/mol. The van der Waals surface area contributed by atoms with Gasteiger partial charge in [-0.05, 0) is 25.1 Å². The van der Waals surface area contributed by atoms with Crippen LogP contribution in [0.15, 0.2) is 36.9 Å². The first-order chi connectivity index (χ1) is 12.7. The Labute approximate surface area is 150 Å². The molecule has 9 heteroatoms. The lowest BCUT2D eigenvalue weighted by Gasteiger charge is -2.15. The second kappa shape index (κ2) is 7.04. The molecule has 1 unspecified atom stereocenters. The third-order valence-electron chi connectivity index (χ3n) is 4.45. The van der Waals surface area contributed by atoms with Crippen LogP contribution >= 0.6 is 0 Å². The molecule has 2 N–H and O–H groups in total. The molecule has 1 aromatic carbocycles. The van der Waals surface area contributed by atoms with Gasteiger partial charge in [0.05, 0.1) is 6.04 Å². The van der Waals surface area contributed by atoms with Gasteiger partial charge in [-0.2, -0.15) is 0 Å². The maximum atomic E-state index is 12.7. The Morgan fingerprint density at radius 2 is 2.08 bits per heavy atom. The molecule has 0 bridgehead atoms. The summed E-state index contributed by atoms with van der Waals surface area (Å²) in [4.78, 5) is 12.7. The van der Waals surface area contributed by atoms with Crippen LogP contribution in [-0.2, 0) is 13.0 Å². The maximum absolute atomic E-state index is 12.7. The number of carbonyl (C=O) groups excluding carboxylic acids is 1. The minimum Gasteiger partial charge on any atom is -0.342 e. The average Bonchev–Trinajstić information content (AvgIpc) is 3.27. The van der Waals surface area contributed by atoms with E-state index in [1.54, 1.807) is 29.4 Å². The van der Waals surface area contributed by atoms with Crippen LogP contribution in [0.3, 0.4) is 0 Å². The van der Waals surface area contributed by atoms with E-state index in [0.717, 1.165) is 43.4 Å². The molecule has 0 saturated heterocycles. The first-order valence-electron chi connectivity index (χ1n) is 8.61. The fourth-order valence-corrected chi connectivity index (χ4v) is 3.10. The molecule has 0 radical (unpaired) electrons. The standard InChI is InChI=1S/C17H20N8O/c1-12(16-23-22-15-5-6-18-7-8-25(15)16)21-17(26)13-3-2-4-14(9-13)24-10-19-20-11-24/h2-4,9-12,18H,5-8H2,1H3,(H,21,26). The van der Waals surface area contributed by atoms with Crippen molar-refractivity contribution in [2.24, 2.45) is 0 Å². The number of nitrogens with one attached hydrogen (secondary N) is 2. The first kappa shape index (κ1) is 16.4. The number of aromatic nitrogens is 6. The molecule has 0 aliphatic carbocycles. The number of hydrogen-bond donors (Lipinski definition) is 2. The smallest absolute Gasteiger partial charge is 0.251 e. The molecule has 4 rings (SSSR count). The predicted octanol–water partition coefficient (Wildman–Crippen LogP) is 0.495. The second-order valence-electron chi connectivity index (χ2n) is 6.24. The van der Waals surface area contributed by atoms with E-state index in [2.05, 4.69) is 35.6 Å². The van der Waals surface area contributed by atoms with Crippen LogP contribution in [0.4, 0.5) is 0 Å². The van der Waals surface area contributed by atoms with Crippen molar-refractivity contribution in [1.82, 2.24) is 40.2 Å². The molecular weight excluding hydrogens is 332 g/mol. The van der Waals surface area contributed by atoms with Crippen LogP contribution in [-0.4, -0.2) is 48.5 Å². The SMILES string of the molecule is CC(NC(=O)c1cccc(-n2cnnc2)c1)c1nnc2n1CCNCC2. The van der Waals surface area contributed by atoms with E-state index < -0.39 is 0 Å². The number of rotatable bonds is 4. The van der Waals surface area contributed by atoms with Gasteiger partial charge in [-0.3, -0.25) is 9.36 Å². The topological polar surface area (TPSA) is 103 Å². The second-order valence-corrected chi connectivity index (χ2v) is 6.24. The fraction of sp³-hybridized carbons (Fsp3) is 0.353. The quantitative estimate of drug-likeness (QED) is 0.709. The van der Waals surface area contributed by atoms with Gasteiger partial charge in [-0.15, -0.1) is 20.4 Å². The first-order valence-corrected chi connectivity index (χ1v) is 8.61. The molecule has 1 aliphatic rings. The summed E-state index contributed by atoms with van der Waals surface area (Å²) in [6.07, 6.45) is 4.03. The van der Waals surface area contributed by atoms with Crippen LogP contribution in [0.2, 0.25) is 0 Å². The lowest BCUT2D eigenvalue weighted by Crippen LogP contribution is -2.29. The Morgan fingerprint density at radius 3 is 2.92 bits per heavy atom. The van der Waals surface area contributed by atoms with Gasteiger partial charge >= 0.3 is 0 Å². The highest BCUT2D eigenvalue weighted by Crippen LogP contribution is 2.15. The van der Waals surface area contributed by atoms with Crippen molar-refractivity contribution in [3.63, 3.8) is 0 Å². The Bertz CT molecular complexity index is 901. The summed E-state index contributed by atoms with van der Waals surface area (Å²) >= 11 is 0. The molecule has 1 amide bonds. The highest BCUT2D eigenvalue weighted by Gasteiger charge is 2.21. The summed E-state index contributed by atoms with van der Waals surface area (Å²) in [7, 11) is 0. The summed E-state index contributed by atoms with van der Waals surface area (Å²) < 4.78 is 3.85. The minimum atomic E-state index is -0.236. The lowest BCUT2D eigenvalue weighted by atomic mass is 10.1. The summed E-state index contributed by atoms with van der Waals surface area (Å²) in [6, 6.07) is 7.09. The fourth-order valence-electron chi connectivity index (χ4n) is 3.10. The van der Waals surface area contributed by atoms with Gasteiger partial charge in [0.1, 0.15) is 18.5 Å². The molecule has 3 heterocycles. The summed E-state index contributed by atoms with van der Waals surface area (Å²) in [6.45, 7) is 4.51. The number of hydrogen-bond acceptors (Lipinski definition) is 6. The van der Waals surface area contributed by atoms with Gasteiger partial charge < -0.3 is 15.2 Å². The van der Waals surface area contributed by atoms with Crippen molar-refractivity contribution in [1.29, 1.82) is 0 Å². The van der Waals surface area contributed by atoms with Gasteiger partial charge in [0.2, 0.25) is 0 Å². The normalized spacial score (nSPS) is 15.1. The third-order valence-corrected chi connectivity index (χ3v) is 4.45. The van der Waals surface area contributed by atoms with Gasteiger partial charge in [0.25, 0.3) is 5.91 Å².